The molecule has 0 bridgehead atoms. The number of nitrogens with one attached hydrogen (secondary N) is 1. The fraction of sp³-hybridized carbons (Fsp3) is 0.882. The highest BCUT2D eigenvalue weighted by Gasteiger charge is 2.27. The molecular weight excluding hydrogens is 266 g/mol. The SMILES string of the molecule is CC(C)(CCOC(C)(C)CC=O)NC(=O)C1CCCCC1. The van der Waals surface area contributed by atoms with Crippen LogP contribution in [-0.4, -0.2) is 29.9 Å². The Hall–Kier alpha value is -0.900. The predicted octanol–water partition coefficient (Wildman–Crippen LogP) is 3.24. The number of rotatable bonds is 8. The first kappa shape index (κ1) is 18.1. The Labute approximate surface area is 129 Å². The number of hydrogen-bond donors (Lipinski definition) is 1. The molecule has 1 aliphatic rings. The van der Waals surface area contributed by atoms with Crippen molar-refractivity contribution in [2.45, 2.75) is 83.8 Å². The van der Waals surface area contributed by atoms with Gasteiger partial charge in [-0.1, -0.05) is 19.3 Å². The van der Waals surface area contributed by atoms with Crippen LogP contribution in [0.3, 0.4) is 0 Å². The second-order valence-electron chi connectivity index (χ2n) is 7.44. The van der Waals surface area contributed by atoms with E-state index in [1.54, 1.807) is 0 Å². The maximum absolute atomic E-state index is 12.3. The third-order valence-corrected chi connectivity index (χ3v) is 4.23. The molecule has 0 aliphatic heterocycles. The van der Waals surface area contributed by atoms with Gasteiger partial charge in [0.2, 0.25) is 5.91 Å². The maximum Gasteiger partial charge on any atom is 0.223 e. The minimum absolute atomic E-state index is 0.186. The van der Waals surface area contributed by atoms with Crippen molar-refractivity contribution in [2.24, 2.45) is 5.92 Å². The molecule has 1 amide bonds. The van der Waals surface area contributed by atoms with E-state index >= 15 is 0 Å². The number of amides is 1. The molecule has 21 heavy (non-hydrogen) atoms. The van der Waals surface area contributed by atoms with Crippen molar-refractivity contribution in [2.75, 3.05) is 6.61 Å². The highest BCUT2D eigenvalue weighted by molar-refractivity contribution is 5.79. The summed E-state index contributed by atoms with van der Waals surface area (Å²) in [6.07, 6.45) is 7.65. The standard InChI is InChI=1S/C17H31NO3/c1-16(2,11-13-21-17(3,4)10-12-19)18-15(20)14-8-6-5-7-9-14/h12,14H,5-11,13H2,1-4H3,(H,18,20). The molecule has 4 heteroatoms. The summed E-state index contributed by atoms with van der Waals surface area (Å²) in [5, 5.41) is 3.16. The van der Waals surface area contributed by atoms with Gasteiger partial charge >= 0.3 is 0 Å². The molecular formula is C17H31NO3. The summed E-state index contributed by atoms with van der Waals surface area (Å²) < 4.78 is 5.75. The smallest absolute Gasteiger partial charge is 0.223 e. The van der Waals surface area contributed by atoms with Gasteiger partial charge in [-0.2, -0.15) is 0 Å². The second kappa shape index (κ2) is 7.92. The topological polar surface area (TPSA) is 55.4 Å². The molecule has 0 spiro atoms. The molecule has 0 atom stereocenters. The minimum Gasteiger partial charge on any atom is -0.375 e. The van der Waals surface area contributed by atoms with E-state index in [0.717, 1.165) is 25.5 Å². The number of ether oxygens (including phenoxy) is 1. The number of hydrogen-bond acceptors (Lipinski definition) is 3. The van der Waals surface area contributed by atoms with Crippen LogP contribution in [-0.2, 0) is 14.3 Å². The summed E-state index contributed by atoms with van der Waals surface area (Å²) in [5.41, 5.74) is -0.697. The quantitative estimate of drug-likeness (QED) is 0.700. The monoisotopic (exact) mass is 297 g/mol. The van der Waals surface area contributed by atoms with E-state index in [1.165, 1.54) is 19.3 Å². The number of carbonyl (C=O) groups excluding carboxylic acids is 2. The van der Waals surface area contributed by atoms with E-state index in [2.05, 4.69) is 5.32 Å². The van der Waals surface area contributed by atoms with Crippen LogP contribution < -0.4 is 5.32 Å². The third-order valence-electron chi connectivity index (χ3n) is 4.23. The van der Waals surface area contributed by atoms with E-state index in [0.29, 0.717) is 13.0 Å². The van der Waals surface area contributed by atoms with Crippen molar-refractivity contribution in [1.29, 1.82) is 0 Å². The molecule has 4 nitrogen and oxygen atoms in total. The molecule has 1 saturated carbocycles. The van der Waals surface area contributed by atoms with Crippen LogP contribution in [0.15, 0.2) is 0 Å². The first-order chi connectivity index (χ1) is 9.76. The van der Waals surface area contributed by atoms with E-state index in [1.807, 2.05) is 27.7 Å². The van der Waals surface area contributed by atoms with Gasteiger partial charge in [-0.3, -0.25) is 4.79 Å². The fourth-order valence-corrected chi connectivity index (χ4v) is 2.70. The van der Waals surface area contributed by atoms with Crippen molar-refractivity contribution >= 4 is 12.2 Å². The van der Waals surface area contributed by atoms with Crippen molar-refractivity contribution in [3.8, 4) is 0 Å². The van der Waals surface area contributed by atoms with Gasteiger partial charge in [-0.25, -0.2) is 0 Å². The van der Waals surface area contributed by atoms with Crippen LogP contribution in [0.25, 0.3) is 0 Å². The lowest BCUT2D eigenvalue weighted by Crippen LogP contribution is -2.47. The Balaban J connectivity index is 2.35. The first-order valence-corrected chi connectivity index (χ1v) is 8.15. The molecule has 0 aromatic heterocycles. The van der Waals surface area contributed by atoms with Gasteiger partial charge in [0, 0.05) is 24.5 Å². The summed E-state index contributed by atoms with van der Waals surface area (Å²) in [6.45, 7) is 8.43. The van der Waals surface area contributed by atoms with Crippen LogP contribution in [0.1, 0.15) is 72.6 Å². The molecule has 0 heterocycles. The van der Waals surface area contributed by atoms with Gasteiger partial charge < -0.3 is 14.8 Å². The van der Waals surface area contributed by atoms with Gasteiger partial charge in [0.15, 0.2) is 0 Å². The van der Waals surface area contributed by atoms with Crippen LogP contribution in [0.5, 0.6) is 0 Å². The average molecular weight is 297 g/mol. The number of carbonyl (C=O) groups is 2. The van der Waals surface area contributed by atoms with E-state index < -0.39 is 5.60 Å². The zero-order chi connectivity index (χ0) is 15.9. The van der Waals surface area contributed by atoms with Crippen molar-refractivity contribution in [3.63, 3.8) is 0 Å². The van der Waals surface area contributed by atoms with Gasteiger partial charge in [0.1, 0.15) is 6.29 Å². The Kier molecular flexibility index (Phi) is 6.85. The average Bonchev–Trinajstić information content (AvgIpc) is 2.38. The third kappa shape index (κ3) is 7.07. The highest BCUT2D eigenvalue weighted by atomic mass is 16.5. The summed E-state index contributed by atoms with van der Waals surface area (Å²) in [7, 11) is 0. The molecule has 1 aliphatic carbocycles. The van der Waals surface area contributed by atoms with Gasteiger partial charge in [-0.05, 0) is 47.0 Å². The van der Waals surface area contributed by atoms with Gasteiger partial charge in [0.25, 0.3) is 0 Å². The lowest BCUT2D eigenvalue weighted by atomic mass is 9.87. The Morgan fingerprint density at radius 1 is 1.19 bits per heavy atom. The molecule has 0 aromatic rings. The van der Waals surface area contributed by atoms with Crippen molar-refractivity contribution in [3.05, 3.63) is 0 Å². The van der Waals surface area contributed by atoms with Gasteiger partial charge in [-0.15, -0.1) is 0 Å². The Bertz CT molecular complexity index is 344. The molecule has 0 radical (unpaired) electrons. The maximum atomic E-state index is 12.3. The summed E-state index contributed by atoms with van der Waals surface area (Å²) in [5.74, 6) is 0.372. The van der Waals surface area contributed by atoms with Crippen molar-refractivity contribution < 1.29 is 14.3 Å². The van der Waals surface area contributed by atoms with E-state index in [9.17, 15) is 9.59 Å². The normalized spacial score (nSPS) is 17.5. The van der Waals surface area contributed by atoms with Gasteiger partial charge in [0.05, 0.1) is 5.60 Å². The lowest BCUT2D eigenvalue weighted by molar-refractivity contribution is -0.127. The number of aldehydes is 1. The predicted molar refractivity (Wildman–Crippen MR) is 84.1 cm³/mol. The molecule has 0 aromatic carbocycles. The molecule has 0 unspecified atom stereocenters. The molecule has 1 fully saturated rings. The van der Waals surface area contributed by atoms with Crippen LogP contribution in [0, 0.1) is 5.92 Å². The lowest BCUT2D eigenvalue weighted by Gasteiger charge is -2.31. The van der Waals surface area contributed by atoms with Crippen LogP contribution in [0.4, 0.5) is 0 Å². The van der Waals surface area contributed by atoms with Crippen LogP contribution >= 0.6 is 0 Å². The summed E-state index contributed by atoms with van der Waals surface area (Å²) in [6, 6.07) is 0. The highest BCUT2D eigenvalue weighted by Crippen LogP contribution is 2.25. The second-order valence-corrected chi connectivity index (χ2v) is 7.44. The molecule has 1 rings (SSSR count). The zero-order valence-corrected chi connectivity index (χ0v) is 14.0. The molecule has 122 valence electrons. The summed E-state index contributed by atoms with van der Waals surface area (Å²) in [4.78, 5) is 22.8. The fourth-order valence-electron chi connectivity index (χ4n) is 2.70. The Morgan fingerprint density at radius 3 is 2.38 bits per heavy atom. The molecule has 0 saturated heterocycles. The zero-order valence-electron chi connectivity index (χ0n) is 14.0. The largest absolute Gasteiger partial charge is 0.375 e. The first-order valence-electron chi connectivity index (χ1n) is 8.15. The Morgan fingerprint density at radius 2 is 1.81 bits per heavy atom. The van der Waals surface area contributed by atoms with Crippen molar-refractivity contribution in [1.82, 2.24) is 5.32 Å². The van der Waals surface area contributed by atoms with E-state index in [-0.39, 0.29) is 17.4 Å². The van der Waals surface area contributed by atoms with E-state index in [4.69, 9.17) is 4.74 Å². The minimum atomic E-state index is -0.425. The summed E-state index contributed by atoms with van der Waals surface area (Å²) >= 11 is 0. The molecule has 1 N–H and O–H groups in total. The van der Waals surface area contributed by atoms with Crippen LogP contribution in [0.2, 0.25) is 0 Å².